The molecule has 0 bridgehead atoms. The molecule has 0 heteroatoms. The van der Waals surface area contributed by atoms with E-state index in [9.17, 15) is 0 Å². The second-order valence-electron chi connectivity index (χ2n) is 5.40. The van der Waals surface area contributed by atoms with Crippen molar-refractivity contribution in [3.05, 3.63) is 0 Å². The molecule has 0 aliphatic rings. The summed E-state index contributed by atoms with van der Waals surface area (Å²) in [5, 5.41) is 0. The van der Waals surface area contributed by atoms with E-state index in [4.69, 9.17) is 0 Å². The Morgan fingerprint density at radius 2 is 1.29 bits per heavy atom. The van der Waals surface area contributed by atoms with Gasteiger partial charge in [0.05, 0.1) is 0 Å². The third kappa shape index (κ3) is 3.29. The van der Waals surface area contributed by atoms with Gasteiger partial charge in [0, 0.05) is 0 Å². The molecule has 0 radical (unpaired) electrons. The molecule has 0 aliphatic carbocycles. The zero-order chi connectivity index (χ0) is 11.2. The third-order valence-electron chi connectivity index (χ3n) is 4.01. The summed E-state index contributed by atoms with van der Waals surface area (Å²) in [7, 11) is 0. The quantitative estimate of drug-likeness (QED) is 0.522. The molecular formula is C14H30. The van der Waals surface area contributed by atoms with Crippen molar-refractivity contribution in [2.24, 2.45) is 17.3 Å². The van der Waals surface area contributed by atoms with E-state index in [2.05, 4.69) is 41.5 Å². The summed E-state index contributed by atoms with van der Waals surface area (Å²) in [4.78, 5) is 0. The predicted octanol–water partition coefficient (Wildman–Crippen LogP) is 5.28. The summed E-state index contributed by atoms with van der Waals surface area (Å²) in [6.45, 7) is 14.3. The molecule has 0 rings (SSSR count). The molecule has 0 saturated heterocycles. The summed E-state index contributed by atoms with van der Waals surface area (Å²) in [6, 6.07) is 0. The fourth-order valence-corrected chi connectivity index (χ4v) is 2.92. The zero-order valence-corrected chi connectivity index (χ0v) is 11.2. The van der Waals surface area contributed by atoms with Gasteiger partial charge in [-0.2, -0.15) is 0 Å². The van der Waals surface area contributed by atoms with Gasteiger partial charge in [-0.1, -0.05) is 60.8 Å². The lowest BCUT2D eigenvalue weighted by atomic mass is 9.63. The van der Waals surface area contributed by atoms with Crippen molar-refractivity contribution in [1.29, 1.82) is 0 Å². The molecule has 0 fully saturated rings. The maximum Gasteiger partial charge on any atom is -0.0251 e. The van der Waals surface area contributed by atoms with Gasteiger partial charge in [-0.3, -0.25) is 0 Å². The van der Waals surface area contributed by atoms with Crippen LogP contribution in [0.1, 0.15) is 73.6 Å². The van der Waals surface area contributed by atoms with Crippen molar-refractivity contribution in [2.75, 3.05) is 0 Å². The summed E-state index contributed by atoms with van der Waals surface area (Å²) < 4.78 is 0. The smallest absolute Gasteiger partial charge is 0.0251 e. The lowest BCUT2D eigenvalue weighted by Gasteiger charge is -2.42. The Bertz CT molecular complexity index is 125. The minimum atomic E-state index is 0.602. The van der Waals surface area contributed by atoms with Gasteiger partial charge in [-0.25, -0.2) is 0 Å². The van der Waals surface area contributed by atoms with E-state index in [1.165, 1.54) is 32.1 Å². The van der Waals surface area contributed by atoms with Crippen LogP contribution in [-0.2, 0) is 0 Å². The van der Waals surface area contributed by atoms with Crippen LogP contribution in [0.2, 0.25) is 0 Å². The number of rotatable bonds is 7. The highest BCUT2D eigenvalue weighted by atomic mass is 14.4. The first-order valence-electron chi connectivity index (χ1n) is 6.51. The van der Waals surface area contributed by atoms with Gasteiger partial charge >= 0.3 is 0 Å². The summed E-state index contributed by atoms with van der Waals surface area (Å²) in [5.74, 6) is 1.66. The highest BCUT2D eigenvalue weighted by molar-refractivity contribution is 4.84. The molecule has 0 unspecified atom stereocenters. The Balaban J connectivity index is 4.56. The minimum absolute atomic E-state index is 0.602. The molecule has 0 aliphatic heterocycles. The zero-order valence-electron chi connectivity index (χ0n) is 11.2. The Morgan fingerprint density at radius 3 is 1.57 bits per heavy atom. The lowest BCUT2D eigenvalue weighted by molar-refractivity contribution is 0.0811. The first kappa shape index (κ1) is 14.0. The molecule has 0 spiro atoms. The van der Waals surface area contributed by atoms with Crippen molar-refractivity contribution in [3.63, 3.8) is 0 Å². The summed E-state index contributed by atoms with van der Waals surface area (Å²) in [6.07, 6.45) is 6.90. The molecule has 0 nitrogen and oxygen atoms in total. The van der Waals surface area contributed by atoms with E-state index in [-0.39, 0.29) is 0 Å². The maximum absolute atomic E-state index is 2.41. The summed E-state index contributed by atoms with van der Waals surface area (Å²) in [5.41, 5.74) is 0.602. The van der Waals surface area contributed by atoms with Crippen LogP contribution in [0.3, 0.4) is 0 Å². The number of hydrogen-bond donors (Lipinski definition) is 0. The van der Waals surface area contributed by atoms with Crippen molar-refractivity contribution >= 4 is 0 Å². The Morgan fingerprint density at radius 1 is 0.786 bits per heavy atom. The number of hydrogen-bond acceptors (Lipinski definition) is 0. The van der Waals surface area contributed by atoms with Crippen LogP contribution < -0.4 is 0 Å². The third-order valence-corrected chi connectivity index (χ3v) is 4.01. The Kier molecular flexibility index (Phi) is 6.48. The van der Waals surface area contributed by atoms with E-state index in [1.54, 1.807) is 0 Å². The van der Waals surface area contributed by atoms with Gasteiger partial charge in [0.2, 0.25) is 0 Å². The maximum atomic E-state index is 2.41. The minimum Gasteiger partial charge on any atom is -0.0654 e. The SMILES string of the molecule is CCCCC(CCC)(C(C)C)C(C)C. The standard InChI is InChI=1S/C14H30/c1-7-9-11-14(10-8-2,12(3)4)13(5)6/h12-13H,7-11H2,1-6H3. The van der Waals surface area contributed by atoms with Crippen LogP contribution in [0.15, 0.2) is 0 Å². The van der Waals surface area contributed by atoms with E-state index < -0.39 is 0 Å². The molecule has 0 amide bonds. The van der Waals surface area contributed by atoms with Crippen LogP contribution >= 0.6 is 0 Å². The van der Waals surface area contributed by atoms with Crippen molar-refractivity contribution in [1.82, 2.24) is 0 Å². The van der Waals surface area contributed by atoms with Crippen molar-refractivity contribution in [2.45, 2.75) is 73.6 Å². The Labute approximate surface area is 91.5 Å². The van der Waals surface area contributed by atoms with Gasteiger partial charge < -0.3 is 0 Å². The largest absolute Gasteiger partial charge is 0.0654 e. The van der Waals surface area contributed by atoms with Crippen LogP contribution in [0.4, 0.5) is 0 Å². The van der Waals surface area contributed by atoms with Crippen molar-refractivity contribution < 1.29 is 0 Å². The van der Waals surface area contributed by atoms with Crippen LogP contribution in [0.25, 0.3) is 0 Å². The monoisotopic (exact) mass is 198 g/mol. The topological polar surface area (TPSA) is 0 Å². The van der Waals surface area contributed by atoms with Gasteiger partial charge in [-0.15, -0.1) is 0 Å². The second-order valence-corrected chi connectivity index (χ2v) is 5.40. The van der Waals surface area contributed by atoms with Gasteiger partial charge in [0.1, 0.15) is 0 Å². The molecule has 14 heavy (non-hydrogen) atoms. The van der Waals surface area contributed by atoms with Crippen LogP contribution in [0, 0.1) is 17.3 Å². The van der Waals surface area contributed by atoms with E-state index >= 15 is 0 Å². The van der Waals surface area contributed by atoms with Gasteiger partial charge in [0.25, 0.3) is 0 Å². The van der Waals surface area contributed by atoms with Crippen molar-refractivity contribution in [3.8, 4) is 0 Å². The van der Waals surface area contributed by atoms with Gasteiger partial charge in [-0.05, 0) is 30.1 Å². The molecule has 0 aromatic rings. The molecule has 0 heterocycles. The molecule has 86 valence electrons. The van der Waals surface area contributed by atoms with E-state index in [0.717, 1.165) is 11.8 Å². The van der Waals surface area contributed by atoms with Gasteiger partial charge in [0.15, 0.2) is 0 Å². The Hall–Kier alpha value is 0. The average Bonchev–Trinajstić information content (AvgIpc) is 2.11. The number of unbranched alkanes of at least 4 members (excludes halogenated alkanes) is 1. The highest BCUT2D eigenvalue weighted by Gasteiger charge is 2.35. The average molecular weight is 198 g/mol. The fourth-order valence-electron chi connectivity index (χ4n) is 2.92. The fraction of sp³-hybridized carbons (Fsp3) is 1.00. The molecule has 0 saturated carbocycles. The lowest BCUT2D eigenvalue weighted by Crippen LogP contribution is -2.33. The summed E-state index contributed by atoms with van der Waals surface area (Å²) >= 11 is 0. The second kappa shape index (κ2) is 6.48. The molecule has 0 aromatic carbocycles. The van der Waals surface area contributed by atoms with Crippen LogP contribution in [0.5, 0.6) is 0 Å². The molecule has 0 atom stereocenters. The first-order valence-corrected chi connectivity index (χ1v) is 6.51. The van der Waals surface area contributed by atoms with E-state index in [0.29, 0.717) is 5.41 Å². The van der Waals surface area contributed by atoms with Crippen LogP contribution in [-0.4, -0.2) is 0 Å². The molecule has 0 N–H and O–H groups in total. The van der Waals surface area contributed by atoms with E-state index in [1.807, 2.05) is 0 Å². The predicted molar refractivity (Wildman–Crippen MR) is 66.5 cm³/mol. The molecular weight excluding hydrogens is 168 g/mol. The molecule has 0 aromatic heterocycles. The normalized spacial score (nSPS) is 12.9. The highest BCUT2D eigenvalue weighted by Crippen LogP contribution is 2.44. The first-order chi connectivity index (χ1) is 6.51.